The largest absolute Gasteiger partial charge is 0.496 e. The summed E-state index contributed by atoms with van der Waals surface area (Å²) in [6, 6.07) is 12.9. The highest BCUT2D eigenvalue weighted by molar-refractivity contribution is 5.99. The van der Waals surface area contributed by atoms with Gasteiger partial charge in [0.25, 0.3) is 5.91 Å². The van der Waals surface area contributed by atoms with Crippen molar-refractivity contribution in [1.82, 2.24) is 5.32 Å². The van der Waals surface area contributed by atoms with Crippen molar-refractivity contribution in [3.05, 3.63) is 53.6 Å². The van der Waals surface area contributed by atoms with Crippen molar-refractivity contribution >= 4 is 11.6 Å². The Morgan fingerprint density at radius 3 is 2.29 bits per heavy atom. The molecule has 1 fully saturated rings. The molecule has 150 valence electrons. The Morgan fingerprint density at radius 1 is 1.11 bits per heavy atom. The molecule has 7 heteroatoms. The van der Waals surface area contributed by atoms with Gasteiger partial charge in [-0.3, -0.25) is 4.79 Å². The van der Waals surface area contributed by atoms with Crippen molar-refractivity contribution in [2.24, 2.45) is 0 Å². The third-order valence-corrected chi connectivity index (χ3v) is 4.76. The van der Waals surface area contributed by atoms with E-state index in [2.05, 4.69) is 10.2 Å². The molecule has 1 unspecified atom stereocenters. The summed E-state index contributed by atoms with van der Waals surface area (Å²) in [4.78, 5) is 14.8. The molecule has 7 nitrogen and oxygen atoms in total. The summed E-state index contributed by atoms with van der Waals surface area (Å²) in [7, 11) is 2.99. The number of anilines is 1. The van der Waals surface area contributed by atoms with Gasteiger partial charge in [-0.1, -0.05) is 18.2 Å². The van der Waals surface area contributed by atoms with E-state index in [1.165, 1.54) is 14.2 Å². The number of nitrogens with zero attached hydrogens (tertiary/aromatic N) is 1. The van der Waals surface area contributed by atoms with E-state index in [1.807, 2.05) is 24.3 Å². The Kier molecular flexibility index (Phi) is 6.73. The van der Waals surface area contributed by atoms with Crippen LogP contribution in [0.5, 0.6) is 11.5 Å². The average Bonchev–Trinajstić information content (AvgIpc) is 2.77. The lowest BCUT2D eigenvalue weighted by Gasteiger charge is -2.29. The van der Waals surface area contributed by atoms with Crippen molar-refractivity contribution in [2.75, 3.05) is 52.0 Å². The van der Waals surface area contributed by atoms with Crippen LogP contribution in [0, 0.1) is 0 Å². The first kappa shape index (κ1) is 20.0. The third kappa shape index (κ3) is 4.55. The lowest BCUT2D eigenvalue weighted by atomic mass is 10.1. The Bertz CT molecular complexity index is 766. The number of aliphatic hydroxyl groups excluding tert-OH is 1. The van der Waals surface area contributed by atoms with Gasteiger partial charge in [0, 0.05) is 25.3 Å². The number of carbonyl (C=O) groups is 1. The molecule has 0 bridgehead atoms. The number of benzene rings is 2. The molecule has 0 saturated carbocycles. The van der Waals surface area contributed by atoms with Crippen LogP contribution in [0.3, 0.4) is 0 Å². The number of morpholine rings is 1. The topological polar surface area (TPSA) is 80.3 Å². The molecule has 0 aliphatic carbocycles. The highest BCUT2D eigenvalue weighted by Crippen LogP contribution is 2.28. The molecule has 0 aromatic heterocycles. The van der Waals surface area contributed by atoms with Gasteiger partial charge < -0.3 is 29.5 Å². The van der Waals surface area contributed by atoms with E-state index in [0.717, 1.165) is 37.6 Å². The molecule has 28 heavy (non-hydrogen) atoms. The molecule has 1 amide bonds. The monoisotopic (exact) mass is 386 g/mol. The molecule has 1 aliphatic heterocycles. The predicted molar refractivity (Wildman–Crippen MR) is 106 cm³/mol. The van der Waals surface area contributed by atoms with Gasteiger partial charge in [-0.05, 0) is 29.8 Å². The highest BCUT2D eigenvalue weighted by Gasteiger charge is 2.19. The summed E-state index contributed by atoms with van der Waals surface area (Å²) in [5.41, 5.74) is 2.15. The minimum Gasteiger partial charge on any atom is -0.496 e. The number of methoxy groups -OCH3 is 2. The van der Waals surface area contributed by atoms with Crippen LogP contribution < -0.4 is 19.7 Å². The van der Waals surface area contributed by atoms with Gasteiger partial charge in [0.1, 0.15) is 17.1 Å². The first-order valence-corrected chi connectivity index (χ1v) is 9.24. The number of hydrogen-bond acceptors (Lipinski definition) is 6. The first-order chi connectivity index (χ1) is 13.6. The minimum atomic E-state index is -0.816. The second-order valence-electron chi connectivity index (χ2n) is 6.45. The summed E-state index contributed by atoms with van der Waals surface area (Å²) in [5.74, 6) is 0.473. The molecule has 0 spiro atoms. The Balaban J connectivity index is 1.62. The molecule has 1 heterocycles. The van der Waals surface area contributed by atoms with Gasteiger partial charge in [0.2, 0.25) is 0 Å². The zero-order chi connectivity index (χ0) is 19.9. The summed E-state index contributed by atoms with van der Waals surface area (Å²) in [6.07, 6.45) is -0.816. The summed E-state index contributed by atoms with van der Waals surface area (Å²) in [6.45, 7) is 3.25. The van der Waals surface area contributed by atoms with E-state index in [4.69, 9.17) is 14.2 Å². The van der Waals surface area contributed by atoms with E-state index < -0.39 is 6.10 Å². The number of ether oxygens (including phenoxy) is 3. The molecule has 2 aromatic rings. The molecule has 1 aliphatic rings. The molecule has 3 rings (SSSR count). The first-order valence-electron chi connectivity index (χ1n) is 9.24. The fraction of sp³-hybridized carbons (Fsp3) is 0.381. The fourth-order valence-corrected chi connectivity index (χ4v) is 3.20. The second-order valence-corrected chi connectivity index (χ2v) is 6.45. The zero-order valence-corrected chi connectivity index (χ0v) is 16.2. The van der Waals surface area contributed by atoms with Crippen LogP contribution in [0.15, 0.2) is 42.5 Å². The standard InChI is InChI=1S/C21H26N2O5/c1-26-18-4-3-5-19(27-2)20(18)21(25)22-14-17(24)15-6-8-16(9-7-15)23-10-12-28-13-11-23/h3-9,17,24H,10-14H2,1-2H3,(H,22,25). The summed E-state index contributed by atoms with van der Waals surface area (Å²) in [5, 5.41) is 13.2. The van der Waals surface area contributed by atoms with Crippen LogP contribution >= 0.6 is 0 Å². The van der Waals surface area contributed by atoms with Gasteiger partial charge in [-0.25, -0.2) is 0 Å². The van der Waals surface area contributed by atoms with Gasteiger partial charge >= 0.3 is 0 Å². The fourth-order valence-electron chi connectivity index (χ4n) is 3.20. The lowest BCUT2D eigenvalue weighted by molar-refractivity contribution is 0.0910. The molecular weight excluding hydrogens is 360 g/mol. The van der Waals surface area contributed by atoms with Crippen molar-refractivity contribution < 1.29 is 24.1 Å². The number of nitrogens with one attached hydrogen (secondary N) is 1. The van der Waals surface area contributed by atoms with E-state index >= 15 is 0 Å². The lowest BCUT2D eigenvalue weighted by Crippen LogP contribution is -2.36. The van der Waals surface area contributed by atoms with Crippen LogP contribution in [0.1, 0.15) is 22.0 Å². The number of hydrogen-bond donors (Lipinski definition) is 2. The van der Waals surface area contributed by atoms with E-state index in [1.54, 1.807) is 18.2 Å². The van der Waals surface area contributed by atoms with E-state index in [-0.39, 0.29) is 12.5 Å². The maximum Gasteiger partial charge on any atom is 0.258 e. The quantitative estimate of drug-likeness (QED) is 0.758. The van der Waals surface area contributed by atoms with Crippen LogP contribution in [0.2, 0.25) is 0 Å². The van der Waals surface area contributed by atoms with Gasteiger partial charge in [-0.15, -0.1) is 0 Å². The predicted octanol–water partition coefficient (Wildman–Crippen LogP) is 2.00. The van der Waals surface area contributed by atoms with Crippen LogP contribution in [0.25, 0.3) is 0 Å². The Labute approximate surface area is 164 Å². The molecule has 2 aromatic carbocycles. The van der Waals surface area contributed by atoms with Crippen molar-refractivity contribution in [3.63, 3.8) is 0 Å². The zero-order valence-electron chi connectivity index (χ0n) is 16.2. The van der Waals surface area contributed by atoms with Crippen LogP contribution in [0.4, 0.5) is 5.69 Å². The maximum absolute atomic E-state index is 12.6. The normalized spacial score (nSPS) is 15.0. The third-order valence-electron chi connectivity index (χ3n) is 4.76. The minimum absolute atomic E-state index is 0.0803. The van der Waals surface area contributed by atoms with Crippen molar-refractivity contribution in [1.29, 1.82) is 0 Å². The number of aliphatic hydroxyl groups is 1. The number of carbonyl (C=O) groups excluding carboxylic acids is 1. The SMILES string of the molecule is COc1cccc(OC)c1C(=O)NCC(O)c1ccc(N2CCOCC2)cc1. The molecular formula is C21H26N2O5. The van der Waals surface area contributed by atoms with Crippen LogP contribution in [-0.4, -0.2) is 58.1 Å². The van der Waals surface area contributed by atoms with Gasteiger partial charge in [0.15, 0.2) is 0 Å². The second kappa shape index (κ2) is 9.43. The molecule has 1 atom stereocenters. The summed E-state index contributed by atoms with van der Waals surface area (Å²) >= 11 is 0. The van der Waals surface area contributed by atoms with Gasteiger partial charge in [-0.2, -0.15) is 0 Å². The van der Waals surface area contributed by atoms with Crippen molar-refractivity contribution in [3.8, 4) is 11.5 Å². The van der Waals surface area contributed by atoms with Crippen molar-refractivity contribution in [2.45, 2.75) is 6.10 Å². The molecule has 1 saturated heterocycles. The number of rotatable bonds is 7. The number of amides is 1. The smallest absolute Gasteiger partial charge is 0.258 e. The molecule has 2 N–H and O–H groups in total. The average molecular weight is 386 g/mol. The highest BCUT2D eigenvalue weighted by atomic mass is 16.5. The molecule has 0 radical (unpaired) electrons. The van der Waals surface area contributed by atoms with E-state index in [0.29, 0.717) is 17.1 Å². The van der Waals surface area contributed by atoms with E-state index in [9.17, 15) is 9.90 Å². The van der Waals surface area contributed by atoms with Crippen LogP contribution in [-0.2, 0) is 4.74 Å². The Hall–Kier alpha value is -2.77. The maximum atomic E-state index is 12.6. The summed E-state index contributed by atoms with van der Waals surface area (Å²) < 4.78 is 15.9. The van der Waals surface area contributed by atoms with Gasteiger partial charge in [0.05, 0.1) is 33.5 Å². The Morgan fingerprint density at radius 2 is 1.71 bits per heavy atom.